The topological polar surface area (TPSA) is 78.3 Å². The molecule has 0 aliphatic carbocycles. The Bertz CT molecular complexity index is 520. The molecule has 5 heteroatoms. The van der Waals surface area contributed by atoms with Gasteiger partial charge in [-0.15, -0.1) is 0 Å². The average Bonchev–Trinajstić information content (AvgIpc) is 2.82. The second-order valence-corrected chi connectivity index (χ2v) is 3.39. The number of hydrogen-bond acceptors (Lipinski definition) is 5. The highest BCUT2D eigenvalue weighted by molar-refractivity contribution is 5.97. The van der Waals surface area contributed by atoms with E-state index in [-0.39, 0.29) is 6.54 Å². The lowest BCUT2D eigenvalue weighted by Gasteiger charge is -2.00. The maximum Gasteiger partial charge on any atom is 0.343 e. The number of rotatable bonds is 3. The Hall–Kier alpha value is -2.14. The van der Waals surface area contributed by atoms with E-state index in [1.165, 1.54) is 7.11 Å². The zero-order valence-electron chi connectivity index (χ0n) is 9.34. The molecule has 0 amide bonds. The summed E-state index contributed by atoms with van der Waals surface area (Å²) in [4.78, 5) is 11.7. The van der Waals surface area contributed by atoms with Crippen LogP contribution < -0.4 is 5.73 Å². The molecule has 0 fully saturated rings. The van der Waals surface area contributed by atoms with Gasteiger partial charge in [0.25, 0.3) is 0 Å². The molecule has 5 nitrogen and oxygen atoms in total. The van der Waals surface area contributed by atoms with Crippen LogP contribution in [0.3, 0.4) is 0 Å². The van der Waals surface area contributed by atoms with Crippen LogP contribution in [-0.2, 0) is 11.3 Å². The van der Waals surface area contributed by atoms with Crippen LogP contribution in [-0.4, -0.2) is 18.2 Å². The fourth-order valence-electron chi connectivity index (χ4n) is 1.57. The summed E-state index contributed by atoms with van der Waals surface area (Å²) in [7, 11) is 1.31. The van der Waals surface area contributed by atoms with Crippen LogP contribution in [0.4, 0.5) is 0 Å². The second-order valence-electron chi connectivity index (χ2n) is 3.39. The third-order valence-electron chi connectivity index (χ3n) is 2.38. The first kappa shape index (κ1) is 11.3. The highest BCUT2D eigenvalue weighted by Gasteiger charge is 2.23. The van der Waals surface area contributed by atoms with Crippen molar-refractivity contribution in [1.82, 2.24) is 5.16 Å². The first-order valence-corrected chi connectivity index (χ1v) is 5.10. The number of nitrogens with zero attached hydrogens (tertiary/aromatic N) is 1. The third-order valence-corrected chi connectivity index (χ3v) is 2.38. The Labute approximate surface area is 98.2 Å². The zero-order valence-corrected chi connectivity index (χ0v) is 9.34. The molecule has 0 saturated heterocycles. The third kappa shape index (κ3) is 2.05. The minimum atomic E-state index is -0.495. The monoisotopic (exact) mass is 232 g/mol. The fourth-order valence-corrected chi connectivity index (χ4v) is 1.57. The van der Waals surface area contributed by atoms with Gasteiger partial charge in [0.05, 0.1) is 13.7 Å². The minimum absolute atomic E-state index is 0.101. The number of hydrogen-bond donors (Lipinski definition) is 1. The van der Waals surface area contributed by atoms with Gasteiger partial charge >= 0.3 is 5.97 Å². The number of esters is 1. The summed E-state index contributed by atoms with van der Waals surface area (Å²) in [5.41, 5.74) is 7.03. The zero-order chi connectivity index (χ0) is 12.3. The van der Waals surface area contributed by atoms with Crippen LogP contribution in [0.15, 0.2) is 34.9 Å². The molecule has 0 bridgehead atoms. The molecule has 0 aliphatic rings. The summed E-state index contributed by atoms with van der Waals surface area (Å²) >= 11 is 0. The standard InChI is InChI=1S/C12H12N2O3/c1-16-12(15)10-9(7-13)17-14-11(10)8-5-3-2-4-6-8/h2-6H,7,13H2,1H3. The van der Waals surface area contributed by atoms with E-state index in [2.05, 4.69) is 5.16 Å². The highest BCUT2D eigenvalue weighted by atomic mass is 16.5. The molecule has 88 valence electrons. The molecule has 0 aliphatic heterocycles. The number of nitrogens with two attached hydrogens (primary N) is 1. The van der Waals surface area contributed by atoms with E-state index in [1.54, 1.807) is 0 Å². The molecular formula is C12H12N2O3. The van der Waals surface area contributed by atoms with Crippen LogP contribution in [0.25, 0.3) is 11.3 Å². The van der Waals surface area contributed by atoms with Crippen LogP contribution in [0, 0.1) is 0 Å². The van der Waals surface area contributed by atoms with Crippen molar-refractivity contribution in [2.45, 2.75) is 6.54 Å². The number of carbonyl (C=O) groups excluding carboxylic acids is 1. The van der Waals surface area contributed by atoms with E-state index >= 15 is 0 Å². The quantitative estimate of drug-likeness (QED) is 0.813. The van der Waals surface area contributed by atoms with E-state index in [4.69, 9.17) is 15.0 Å². The van der Waals surface area contributed by atoms with Crippen molar-refractivity contribution in [1.29, 1.82) is 0 Å². The molecule has 1 aromatic heterocycles. The minimum Gasteiger partial charge on any atom is -0.465 e. The van der Waals surface area contributed by atoms with Crippen molar-refractivity contribution in [3.05, 3.63) is 41.7 Å². The Morgan fingerprint density at radius 1 is 1.41 bits per heavy atom. The van der Waals surface area contributed by atoms with E-state index in [9.17, 15) is 4.79 Å². The first-order chi connectivity index (χ1) is 8.27. The van der Waals surface area contributed by atoms with Crippen molar-refractivity contribution in [2.75, 3.05) is 7.11 Å². The summed E-state index contributed by atoms with van der Waals surface area (Å²) in [6, 6.07) is 9.26. The largest absolute Gasteiger partial charge is 0.465 e. The second kappa shape index (κ2) is 4.80. The van der Waals surface area contributed by atoms with Crippen LogP contribution in [0.1, 0.15) is 16.1 Å². The summed E-state index contributed by atoms with van der Waals surface area (Å²) in [5.74, 6) is -0.166. The lowest BCUT2D eigenvalue weighted by atomic mass is 10.1. The van der Waals surface area contributed by atoms with Crippen molar-refractivity contribution >= 4 is 5.97 Å². The maximum absolute atomic E-state index is 11.7. The van der Waals surface area contributed by atoms with Gasteiger partial charge in [-0.1, -0.05) is 35.5 Å². The van der Waals surface area contributed by atoms with Gasteiger partial charge in [-0.3, -0.25) is 0 Å². The summed E-state index contributed by atoms with van der Waals surface area (Å²) < 4.78 is 9.75. The number of benzene rings is 1. The molecule has 2 rings (SSSR count). The molecule has 0 radical (unpaired) electrons. The lowest BCUT2D eigenvalue weighted by molar-refractivity contribution is 0.0599. The Morgan fingerprint density at radius 2 is 2.12 bits per heavy atom. The van der Waals surface area contributed by atoms with E-state index in [0.29, 0.717) is 17.0 Å². The first-order valence-electron chi connectivity index (χ1n) is 5.10. The molecule has 2 aromatic rings. The van der Waals surface area contributed by atoms with Crippen molar-refractivity contribution < 1.29 is 14.1 Å². The van der Waals surface area contributed by atoms with Gasteiger partial charge in [0.2, 0.25) is 0 Å². The van der Waals surface area contributed by atoms with Gasteiger partial charge in [0.15, 0.2) is 5.76 Å². The Morgan fingerprint density at radius 3 is 2.71 bits per heavy atom. The van der Waals surface area contributed by atoms with E-state index in [1.807, 2.05) is 30.3 Å². The van der Waals surface area contributed by atoms with Gasteiger partial charge in [-0.2, -0.15) is 0 Å². The lowest BCUT2D eigenvalue weighted by Crippen LogP contribution is -2.07. The average molecular weight is 232 g/mol. The van der Waals surface area contributed by atoms with Gasteiger partial charge in [-0.25, -0.2) is 4.79 Å². The number of ether oxygens (including phenoxy) is 1. The predicted molar refractivity (Wildman–Crippen MR) is 61.2 cm³/mol. The number of aromatic nitrogens is 1. The van der Waals surface area contributed by atoms with E-state index < -0.39 is 5.97 Å². The molecular weight excluding hydrogens is 220 g/mol. The maximum atomic E-state index is 11.7. The van der Waals surface area contributed by atoms with Crippen molar-refractivity contribution in [2.24, 2.45) is 5.73 Å². The van der Waals surface area contributed by atoms with Gasteiger partial charge in [-0.05, 0) is 0 Å². The molecule has 1 aromatic carbocycles. The molecule has 2 N–H and O–H groups in total. The van der Waals surface area contributed by atoms with E-state index in [0.717, 1.165) is 5.56 Å². The van der Waals surface area contributed by atoms with Crippen molar-refractivity contribution in [3.63, 3.8) is 0 Å². The van der Waals surface area contributed by atoms with Crippen LogP contribution in [0.2, 0.25) is 0 Å². The number of methoxy groups -OCH3 is 1. The molecule has 0 unspecified atom stereocenters. The molecule has 0 spiro atoms. The van der Waals surface area contributed by atoms with Gasteiger partial charge in [0.1, 0.15) is 11.3 Å². The molecule has 17 heavy (non-hydrogen) atoms. The van der Waals surface area contributed by atoms with Crippen LogP contribution >= 0.6 is 0 Å². The molecule has 1 heterocycles. The van der Waals surface area contributed by atoms with Crippen LogP contribution in [0.5, 0.6) is 0 Å². The molecule has 0 saturated carbocycles. The predicted octanol–water partition coefficient (Wildman–Crippen LogP) is 1.59. The highest BCUT2D eigenvalue weighted by Crippen LogP contribution is 2.25. The summed E-state index contributed by atoms with van der Waals surface area (Å²) in [6.45, 7) is 0.101. The SMILES string of the molecule is COC(=O)c1c(-c2ccccc2)noc1CN. The van der Waals surface area contributed by atoms with Crippen molar-refractivity contribution in [3.8, 4) is 11.3 Å². The normalized spacial score (nSPS) is 10.2. The molecule has 0 atom stereocenters. The Balaban J connectivity index is 2.55. The number of carbonyl (C=O) groups is 1. The summed E-state index contributed by atoms with van der Waals surface area (Å²) in [6.07, 6.45) is 0. The smallest absolute Gasteiger partial charge is 0.343 e. The van der Waals surface area contributed by atoms with Gasteiger partial charge < -0.3 is 15.0 Å². The Kier molecular flexibility index (Phi) is 3.20. The summed E-state index contributed by atoms with van der Waals surface area (Å²) in [5, 5.41) is 3.87. The fraction of sp³-hybridized carbons (Fsp3) is 0.167. The van der Waals surface area contributed by atoms with Gasteiger partial charge in [0, 0.05) is 5.56 Å².